The van der Waals surface area contributed by atoms with E-state index in [1.165, 1.54) is 7.05 Å². The van der Waals surface area contributed by atoms with E-state index in [0.29, 0.717) is 0 Å². The molecule has 0 saturated carbocycles. The van der Waals surface area contributed by atoms with E-state index in [2.05, 4.69) is 15.6 Å². The zero-order valence-corrected chi connectivity index (χ0v) is 10.1. The number of pyridine rings is 1. The van der Waals surface area contributed by atoms with Crippen LogP contribution < -0.4 is 10.6 Å². The van der Waals surface area contributed by atoms with Crippen LogP contribution >= 0.6 is 11.6 Å². The van der Waals surface area contributed by atoms with E-state index >= 15 is 0 Å². The van der Waals surface area contributed by atoms with Gasteiger partial charge in [0.15, 0.2) is 0 Å². The van der Waals surface area contributed by atoms with Gasteiger partial charge in [-0.25, -0.2) is 4.98 Å². The number of hydrogen-bond donors (Lipinski definition) is 3. The minimum Gasteiger partial charge on any atom is -0.394 e. The summed E-state index contributed by atoms with van der Waals surface area (Å²) >= 11 is 5.78. The zero-order valence-electron chi connectivity index (χ0n) is 9.38. The number of amides is 1. The molecule has 0 radical (unpaired) electrons. The van der Waals surface area contributed by atoms with Crippen LogP contribution in [0.3, 0.4) is 0 Å². The number of likely N-dealkylation sites (N-methyl/N-ethyl adjacent to an activating group) is 1. The van der Waals surface area contributed by atoms with Gasteiger partial charge in [0.05, 0.1) is 16.6 Å². The normalized spacial score (nSPS) is 11.7. The first kappa shape index (κ1) is 14.1. The number of rotatable bonds is 5. The second-order valence-electron chi connectivity index (χ2n) is 3.27. The summed E-state index contributed by atoms with van der Waals surface area (Å²) in [6, 6.07) is 0.177. The summed E-state index contributed by atoms with van der Waals surface area (Å²) in [5.41, 5.74) is -0.258. The van der Waals surface area contributed by atoms with E-state index in [0.717, 1.165) is 12.3 Å². The van der Waals surface area contributed by atoms with Gasteiger partial charge < -0.3 is 15.7 Å². The van der Waals surface area contributed by atoms with E-state index in [9.17, 15) is 14.9 Å². The van der Waals surface area contributed by atoms with Gasteiger partial charge in [-0.15, -0.1) is 0 Å². The highest BCUT2D eigenvalue weighted by Crippen LogP contribution is 2.24. The molecule has 9 heteroatoms. The van der Waals surface area contributed by atoms with Crippen molar-refractivity contribution in [2.75, 3.05) is 19.0 Å². The van der Waals surface area contributed by atoms with E-state index in [4.69, 9.17) is 16.7 Å². The highest BCUT2D eigenvalue weighted by Gasteiger charge is 2.19. The van der Waals surface area contributed by atoms with E-state index < -0.39 is 23.5 Å². The van der Waals surface area contributed by atoms with Gasteiger partial charge in [0.1, 0.15) is 18.1 Å². The number of hydrogen-bond acceptors (Lipinski definition) is 6. The summed E-state index contributed by atoms with van der Waals surface area (Å²) < 4.78 is 0. The number of carbonyl (C=O) groups is 1. The molecule has 1 unspecified atom stereocenters. The maximum atomic E-state index is 11.3. The summed E-state index contributed by atoms with van der Waals surface area (Å²) in [5, 5.41) is 24.4. The van der Waals surface area contributed by atoms with Crippen molar-refractivity contribution in [3.8, 4) is 0 Å². The molecule has 0 aromatic carbocycles. The fourth-order valence-electron chi connectivity index (χ4n) is 1.17. The fraction of sp³-hybridized carbons (Fsp3) is 0.333. The largest absolute Gasteiger partial charge is 0.394 e. The van der Waals surface area contributed by atoms with Crippen LogP contribution in [-0.4, -0.2) is 40.6 Å². The quantitative estimate of drug-likeness (QED) is 0.520. The van der Waals surface area contributed by atoms with Gasteiger partial charge in [-0.3, -0.25) is 14.9 Å². The van der Waals surface area contributed by atoms with Gasteiger partial charge >= 0.3 is 0 Å². The number of aliphatic hydroxyl groups excluding tert-OH is 1. The summed E-state index contributed by atoms with van der Waals surface area (Å²) in [6.07, 6.45) is 1.01. The number of halogens is 1. The average Bonchev–Trinajstić information content (AvgIpc) is 2.36. The second-order valence-corrected chi connectivity index (χ2v) is 3.68. The standard InChI is InChI=1S/C9H11ClN4O4/c1-11-9(16)7(4-15)13-8-6(10)2-5(3-12-8)14(17)18/h2-3,7,15H,4H2,1H3,(H,11,16)(H,12,13). The van der Waals surface area contributed by atoms with Gasteiger partial charge in [-0.2, -0.15) is 0 Å². The third-order valence-corrected chi connectivity index (χ3v) is 2.38. The number of anilines is 1. The lowest BCUT2D eigenvalue weighted by Gasteiger charge is -2.15. The smallest absolute Gasteiger partial charge is 0.289 e. The SMILES string of the molecule is CNC(=O)C(CO)Nc1ncc([N+](=O)[O-])cc1Cl. The molecule has 0 aliphatic heterocycles. The van der Waals surface area contributed by atoms with Crippen LogP contribution in [0.1, 0.15) is 0 Å². The molecule has 1 heterocycles. The third kappa shape index (κ3) is 3.28. The van der Waals surface area contributed by atoms with Crippen molar-refractivity contribution < 1.29 is 14.8 Å². The van der Waals surface area contributed by atoms with Crippen LogP contribution in [0.25, 0.3) is 0 Å². The van der Waals surface area contributed by atoms with Crippen molar-refractivity contribution in [3.05, 3.63) is 27.4 Å². The summed E-state index contributed by atoms with van der Waals surface area (Å²) in [5.74, 6) is -0.362. The Morgan fingerprint density at radius 2 is 2.39 bits per heavy atom. The Kier molecular flexibility index (Phi) is 4.81. The van der Waals surface area contributed by atoms with Crippen LogP contribution in [-0.2, 0) is 4.79 Å². The summed E-state index contributed by atoms with van der Waals surface area (Å²) in [6.45, 7) is -0.464. The molecule has 1 amide bonds. The zero-order chi connectivity index (χ0) is 13.7. The Labute approximate surface area is 107 Å². The lowest BCUT2D eigenvalue weighted by molar-refractivity contribution is -0.385. The Bertz CT molecular complexity index is 468. The summed E-state index contributed by atoms with van der Waals surface area (Å²) in [7, 11) is 1.41. The van der Waals surface area contributed by atoms with Gasteiger partial charge in [0.25, 0.3) is 5.69 Å². The molecule has 0 aliphatic rings. The summed E-state index contributed by atoms with van der Waals surface area (Å²) in [4.78, 5) is 24.9. The average molecular weight is 275 g/mol. The van der Waals surface area contributed by atoms with Crippen molar-refractivity contribution >= 4 is 29.0 Å². The Morgan fingerprint density at radius 3 is 2.83 bits per heavy atom. The minimum absolute atomic E-state index is 0.00782. The number of nitrogens with zero attached hydrogens (tertiary/aromatic N) is 2. The lowest BCUT2D eigenvalue weighted by Crippen LogP contribution is -2.40. The molecule has 0 bridgehead atoms. The van der Waals surface area contributed by atoms with Crippen molar-refractivity contribution in [2.45, 2.75) is 6.04 Å². The Balaban J connectivity index is 2.90. The lowest BCUT2D eigenvalue weighted by atomic mass is 10.3. The van der Waals surface area contributed by atoms with Gasteiger partial charge in [0, 0.05) is 13.1 Å². The topological polar surface area (TPSA) is 117 Å². The van der Waals surface area contributed by atoms with Crippen LogP contribution in [0.2, 0.25) is 5.02 Å². The molecule has 0 saturated heterocycles. The predicted molar refractivity (Wildman–Crippen MR) is 64.5 cm³/mol. The van der Waals surface area contributed by atoms with Crippen LogP contribution in [0, 0.1) is 10.1 Å². The number of aromatic nitrogens is 1. The Hall–Kier alpha value is -1.93. The fourth-order valence-corrected chi connectivity index (χ4v) is 1.38. The molecule has 0 fully saturated rings. The molecule has 0 spiro atoms. The maximum absolute atomic E-state index is 11.3. The molecule has 0 aliphatic carbocycles. The van der Waals surface area contributed by atoms with Crippen molar-refractivity contribution in [3.63, 3.8) is 0 Å². The predicted octanol–water partition coefficient (Wildman–Crippen LogP) is 0.162. The molecule has 3 N–H and O–H groups in total. The number of nitro groups is 1. The van der Waals surface area contributed by atoms with Gasteiger partial charge in [-0.1, -0.05) is 11.6 Å². The molecule has 1 aromatic rings. The monoisotopic (exact) mass is 274 g/mol. The van der Waals surface area contributed by atoms with Crippen LogP contribution in [0.5, 0.6) is 0 Å². The minimum atomic E-state index is -0.929. The first-order chi connectivity index (χ1) is 8.49. The van der Waals surface area contributed by atoms with Gasteiger partial charge in [-0.05, 0) is 0 Å². The molecule has 1 rings (SSSR count). The van der Waals surface area contributed by atoms with Crippen LogP contribution in [0.4, 0.5) is 11.5 Å². The molecule has 1 atom stereocenters. The second kappa shape index (κ2) is 6.12. The van der Waals surface area contributed by atoms with Crippen molar-refractivity contribution in [1.29, 1.82) is 0 Å². The molecule has 98 valence electrons. The van der Waals surface area contributed by atoms with Crippen molar-refractivity contribution in [1.82, 2.24) is 10.3 Å². The molecule has 1 aromatic heterocycles. The van der Waals surface area contributed by atoms with Crippen molar-refractivity contribution in [2.24, 2.45) is 0 Å². The molecular weight excluding hydrogens is 264 g/mol. The highest BCUT2D eigenvalue weighted by atomic mass is 35.5. The number of nitrogens with one attached hydrogen (secondary N) is 2. The van der Waals surface area contributed by atoms with Gasteiger partial charge in [0.2, 0.25) is 5.91 Å². The molecule has 18 heavy (non-hydrogen) atoms. The number of carbonyl (C=O) groups excluding carboxylic acids is 1. The third-order valence-electron chi connectivity index (χ3n) is 2.09. The van der Waals surface area contributed by atoms with Crippen LogP contribution in [0.15, 0.2) is 12.3 Å². The maximum Gasteiger partial charge on any atom is 0.289 e. The number of aliphatic hydroxyl groups is 1. The van der Waals surface area contributed by atoms with E-state index in [-0.39, 0.29) is 16.5 Å². The molecule has 8 nitrogen and oxygen atoms in total. The highest BCUT2D eigenvalue weighted by molar-refractivity contribution is 6.33. The Morgan fingerprint density at radius 1 is 1.72 bits per heavy atom. The first-order valence-electron chi connectivity index (χ1n) is 4.88. The van der Waals surface area contributed by atoms with E-state index in [1.54, 1.807) is 0 Å². The molecular formula is C9H11ClN4O4. The van der Waals surface area contributed by atoms with E-state index in [1.807, 2.05) is 0 Å². The first-order valence-corrected chi connectivity index (χ1v) is 5.26.